The molecule has 0 unspecified atom stereocenters. The maximum Gasteiger partial charge on any atom is 0.340 e. The highest BCUT2D eigenvalue weighted by Crippen LogP contribution is 2.24. The van der Waals surface area contributed by atoms with E-state index in [1.54, 1.807) is 19.3 Å². The largest absolute Gasteiger partial charge is 0.478 e. The monoisotopic (exact) mass is 263 g/mol. The van der Waals surface area contributed by atoms with E-state index in [2.05, 4.69) is 14.7 Å². The van der Waals surface area contributed by atoms with Crippen molar-refractivity contribution in [3.63, 3.8) is 0 Å². The second-order valence-corrected chi connectivity index (χ2v) is 4.58. The lowest BCUT2D eigenvalue weighted by Gasteiger charge is -2.04. The molecular formula is C12H13N3O2S. The number of hydrogen-bond acceptors (Lipinski definition) is 5. The van der Waals surface area contributed by atoms with Crippen molar-refractivity contribution in [1.29, 1.82) is 0 Å². The molecule has 0 atom stereocenters. The Balaban J connectivity index is 1.97. The van der Waals surface area contributed by atoms with Gasteiger partial charge in [0.25, 0.3) is 0 Å². The molecule has 2 rings (SSSR count). The molecule has 0 aromatic carbocycles. The third-order valence-corrected chi connectivity index (χ3v) is 3.42. The van der Waals surface area contributed by atoms with Crippen LogP contribution in [0.4, 0.5) is 5.00 Å². The predicted octanol–water partition coefficient (Wildman–Crippen LogP) is 2.20. The Bertz CT molecular complexity index is 540. The number of nitrogens with zero attached hydrogens (tertiary/aromatic N) is 2. The van der Waals surface area contributed by atoms with Gasteiger partial charge < -0.3 is 10.4 Å². The summed E-state index contributed by atoms with van der Waals surface area (Å²) in [6.07, 6.45) is 4.31. The molecule has 94 valence electrons. The van der Waals surface area contributed by atoms with E-state index in [0.29, 0.717) is 17.2 Å². The summed E-state index contributed by atoms with van der Waals surface area (Å²) in [4.78, 5) is 15.0. The van der Waals surface area contributed by atoms with Gasteiger partial charge in [-0.1, -0.05) is 0 Å². The Morgan fingerprint density at radius 1 is 1.44 bits per heavy atom. The lowest BCUT2D eigenvalue weighted by molar-refractivity contribution is 0.0697. The third kappa shape index (κ3) is 2.84. The summed E-state index contributed by atoms with van der Waals surface area (Å²) in [5.41, 5.74) is 1.99. The number of carboxylic acids is 1. The highest BCUT2D eigenvalue weighted by Gasteiger charge is 2.16. The van der Waals surface area contributed by atoms with Gasteiger partial charge in [0, 0.05) is 18.9 Å². The van der Waals surface area contributed by atoms with Gasteiger partial charge in [0.1, 0.15) is 10.6 Å². The SMILES string of the molecule is Cc1nsc(NCCc2ccncc2)c1C(=O)O. The number of hydrogen-bond donors (Lipinski definition) is 2. The third-order valence-electron chi connectivity index (χ3n) is 2.53. The number of aromatic nitrogens is 2. The molecule has 0 aliphatic rings. The second kappa shape index (κ2) is 5.59. The lowest BCUT2D eigenvalue weighted by atomic mass is 10.2. The summed E-state index contributed by atoms with van der Waals surface area (Å²) in [6, 6.07) is 3.88. The van der Waals surface area contributed by atoms with Crippen molar-refractivity contribution >= 4 is 22.5 Å². The van der Waals surface area contributed by atoms with Crippen molar-refractivity contribution < 1.29 is 9.90 Å². The maximum absolute atomic E-state index is 11.1. The summed E-state index contributed by atoms with van der Waals surface area (Å²) in [7, 11) is 0. The molecule has 0 saturated carbocycles. The first-order valence-corrected chi connectivity index (χ1v) is 6.28. The molecule has 0 aliphatic carbocycles. The van der Waals surface area contributed by atoms with Crippen LogP contribution < -0.4 is 5.32 Å². The number of nitrogens with one attached hydrogen (secondary N) is 1. The Hall–Kier alpha value is -1.95. The minimum Gasteiger partial charge on any atom is -0.478 e. The van der Waals surface area contributed by atoms with E-state index in [1.165, 1.54) is 11.5 Å². The zero-order chi connectivity index (χ0) is 13.0. The molecule has 0 amide bonds. The Morgan fingerprint density at radius 3 is 2.83 bits per heavy atom. The summed E-state index contributed by atoms with van der Waals surface area (Å²) in [5, 5.41) is 12.8. The highest BCUT2D eigenvalue weighted by atomic mass is 32.1. The van der Waals surface area contributed by atoms with Crippen molar-refractivity contribution in [1.82, 2.24) is 9.36 Å². The van der Waals surface area contributed by atoms with Crippen LogP contribution in [-0.2, 0) is 6.42 Å². The first kappa shape index (κ1) is 12.5. The lowest BCUT2D eigenvalue weighted by Crippen LogP contribution is -2.08. The van der Waals surface area contributed by atoms with Gasteiger partial charge >= 0.3 is 5.97 Å². The molecule has 2 aromatic rings. The topological polar surface area (TPSA) is 75.1 Å². The van der Waals surface area contributed by atoms with Gasteiger partial charge in [0.2, 0.25) is 0 Å². The van der Waals surface area contributed by atoms with Gasteiger partial charge in [0.05, 0.1) is 5.69 Å². The summed E-state index contributed by atoms with van der Waals surface area (Å²) < 4.78 is 4.05. The number of rotatable bonds is 5. The molecular weight excluding hydrogens is 250 g/mol. The molecule has 0 saturated heterocycles. The molecule has 6 heteroatoms. The van der Waals surface area contributed by atoms with E-state index in [1.807, 2.05) is 12.1 Å². The van der Waals surface area contributed by atoms with E-state index >= 15 is 0 Å². The van der Waals surface area contributed by atoms with Gasteiger partial charge in [0.15, 0.2) is 0 Å². The number of aryl methyl sites for hydroxylation is 1. The zero-order valence-electron chi connectivity index (χ0n) is 9.88. The average molecular weight is 263 g/mol. The standard InChI is InChI=1S/C12H13N3O2S/c1-8-10(12(16)17)11(18-15-8)14-7-4-9-2-5-13-6-3-9/h2-3,5-6,14H,4,7H2,1H3,(H,16,17). The highest BCUT2D eigenvalue weighted by molar-refractivity contribution is 7.10. The Morgan fingerprint density at radius 2 is 2.17 bits per heavy atom. The van der Waals surface area contributed by atoms with Crippen LogP contribution in [0.25, 0.3) is 0 Å². The van der Waals surface area contributed by atoms with E-state index in [4.69, 9.17) is 5.11 Å². The molecule has 2 aromatic heterocycles. The van der Waals surface area contributed by atoms with Crippen LogP contribution in [0.1, 0.15) is 21.6 Å². The summed E-state index contributed by atoms with van der Waals surface area (Å²) in [5.74, 6) is -0.937. The van der Waals surface area contributed by atoms with Gasteiger partial charge in [-0.25, -0.2) is 4.79 Å². The number of anilines is 1. The normalized spacial score (nSPS) is 10.3. The van der Waals surface area contributed by atoms with Gasteiger partial charge in [-0.2, -0.15) is 4.37 Å². The van der Waals surface area contributed by atoms with E-state index in [9.17, 15) is 4.79 Å². The predicted molar refractivity (Wildman–Crippen MR) is 70.2 cm³/mol. The minimum absolute atomic E-state index is 0.273. The molecule has 0 spiro atoms. The first-order valence-electron chi connectivity index (χ1n) is 5.51. The fourth-order valence-electron chi connectivity index (χ4n) is 1.61. The molecule has 2 heterocycles. The van der Waals surface area contributed by atoms with Crippen molar-refractivity contribution in [2.45, 2.75) is 13.3 Å². The maximum atomic E-state index is 11.1. The summed E-state index contributed by atoms with van der Waals surface area (Å²) >= 11 is 1.19. The van der Waals surface area contributed by atoms with Crippen molar-refractivity contribution in [3.8, 4) is 0 Å². The molecule has 0 radical (unpaired) electrons. The number of carbonyl (C=O) groups is 1. The quantitative estimate of drug-likeness (QED) is 0.865. The molecule has 0 bridgehead atoms. The molecule has 5 nitrogen and oxygen atoms in total. The number of pyridine rings is 1. The van der Waals surface area contributed by atoms with Crippen molar-refractivity contribution in [2.75, 3.05) is 11.9 Å². The van der Waals surface area contributed by atoms with Crippen LogP contribution in [0, 0.1) is 6.92 Å². The second-order valence-electron chi connectivity index (χ2n) is 3.81. The molecule has 0 fully saturated rings. The number of aromatic carboxylic acids is 1. The fourth-order valence-corrected chi connectivity index (χ4v) is 2.42. The van der Waals surface area contributed by atoms with Crippen LogP contribution in [-0.4, -0.2) is 27.0 Å². The Labute approximate surface area is 109 Å². The smallest absolute Gasteiger partial charge is 0.340 e. The van der Waals surface area contributed by atoms with Crippen LogP contribution in [0.2, 0.25) is 0 Å². The van der Waals surface area contributed by atoms with Gasteiger partial charge in [-0.15, -0.1) is 0 Å². The average Bonchev–Trinajstić information content (AvgIpc) is 2.72. The fraction of sp³-hybridized carbons (Fsp3) is 0.250. The van der Waals surface area contributed by atoms with Gasteiger partial charge in [-0.3, -0.25) is 4.98 Å². The van der Waals surface area contributed by atoms with Crippen LogP contribution in [0.3, 0.4) is 0 Å². The Kier molecular flexibility index (Phi) is 3.88. The van der Waals surface area contributed by atoms with Crippen molar-refractivity contribution in [3.05, 3.63) is 41.3 Å². The van der Waals surface area contributed by atoms with E-state index in [-0.39, 0.29) is 5.56 Å². The first-order chi connectivity index (χ1) is 8.68. The van der Waals surface area contributed by atoms with Crippen LogP contribution in [0.15, 0.2) is 24.5 Å². The number of carboxylic acid groups (broad SMARTS) is 1. The minimum atomic E-state index is -0.937. The van der Waals surface area contributed by atoms with Crippen LogP contribution in [0.5, 0.6) is 0 Å². The van der Waals surface area contributed by atoms with Crippen LogP contribution >= 0.6 is 11.5 Å². The van der Waals surface area contributed by atoms with Crippen molar-refractivity contribution in [2.24, 2.45) is 0 Å². The van der Waals surface area contributed by atoms with E-state index in [0.717, 1.165) is 12.0 Å². The summed E-state index contributed by atoms with van der Waals surface area (Å²) in [6.45, 7) is 2.37. The molecule has 0 aliphatic heterocycles. The zero-order valence-corrected chi connectivity index (χ0v) is 10.7. The van der Waals surface area contributed by atoms with Gasteiger partial charge in [-0.05, 0) is 42.6 Å². The molecule has 18 heavy (non-hydrogen) atoms. The molecule has 2 N–H and O–H groups in total. The van der Waals surface area contributed by atoms with E-state index < -0.39 is 5.97 Å².